The molecule has 0 saturated carbocycles. The Morgan fingerprint density at radius 1 is 1.70 bits per heavy atom. The molecule has 0 aromatic carbocycles. The standard InChI is InChI=1S/C5H5NO2S.Na.H/c6-4-3(5(7)8)1-2-9-4;;/h1-2H,6H2,(H,7,8);;. The molecule has 1 heterocycles. The summed E-state index contributed by atoms with van der Waals surface area (Å²) in [4.78, 5) is 10.2. The third-order valence-corrected chi connectivity index (χ3v) is 1.67. The van der Waals surface area contributed by atoms with Crippen LogP contribution in [0.5, 0.6) is 0 Å². The molecule has 0 aliphatic carbocycles. The summed E-state index contributed by atoms with van der Waals surface area (Å²) >= 11 is 1.23. The van der Waals surface area contributed by atoms with Gasteiger partial charge < -0.3 is 10.8 Å². The maximum atomic E-state index is 10.2. The zero-order chi connectivity index (χ0) is 6.85. The van der Waals surface area contributed by atoms with Gasteiger partial charge in [-0.1, -0.05) is 0 Å². The van der Waals surface area contributed by atoms with Gasteiger partial charge in [0.1, 0.15) is 5.00 Å². The molecule has 0 spiro atoms. The quantitative estimate of drug-likeness (QED) is 0.594. The number of hydrogen-bond acceptors (Lipinski definition) is 3. The number of carbonyl (C=O) groups is 1. The predicted octanol–water partition coefficient (Wildman–Crippen LogP) is 0.380. The number of nitrogen functional groups attached to an aromatic ring is 1. The first-order valence-electron chi connectivity index (χ1n) is 2.28. The summed E-state index contributed by atoms with van der Waals surface area (Å²) in [5.41, 5.74) is 5.47. The van der Waals surface area contributed by atoms with Gasteiger partial charge in [-0.15, -0.1) is 11.3 Å². The van der Waals surface area contributed by atoms with Crippen molar-refractivity contribution in [1.82, 2.24) is 0 Å². The summed E-state index contributed by atoms with van der Waals surface area (Å²) in [5, 5.41) is 10.4. The van der Waals surface area contributed by atoms with E-state index in [1.54, 1.807) is 5.38 Å². The molecule has 0 bridgehead atoms. The summed E-state index contributed by atoms with van der Waals surface area (Å²) in [5.74, 6) is -0.964. The Morgan fingerprint density at radius 2 is 2.30 bits per heavy atom. The van der Waals surface area contributed by atoms with Crippen molar-refractivity contribution in [3.8, 4) is 0 Å². The Balaban J connectivity index is 0.000000810. The minimum atomic E-state index is -0.964. The molecule has 3 N–H and O–H groups in total. The predicted molar refractivity (Wildman–Crippen MR) is 42.8 cm³/mol. The van der Waals surface area contributed by atoms with Gasteiger partial charge in [-0.3, -0.25) is 0 Å². The van der Waals surface area contributed by atoms with Crippen molar-refractivity contribution in [2.45, 2.75) is 0 Å². The van der Waals surface area contributed by atoms with Gasteiger partial charge in [-0.25, -0.2) is 4.79 Å². The van der Waals surface area contributed by atoms with Crippen LogP contribution in [0, 0.1) is 0 Å². The van der Waals surface area contributed by atoms with E-state index in [1.807, 2.05) is 0 Å². The summed E-state index contributed by atoms with van der Waals surface area (Å²) < 4.78 is 0. The molecular weight excluding hydrogens is 161 g/mol. The molecule has 0 amide bonds. The zero-order valence-corrected chi connectivity index (χ0v) is 5.31. The third kappa shape index (κ3) is 1.98. The average Bonchev–Trinajstić information content (AvgIpc) is 2.13. The number of rotatable bonds is 1. The van der Waals surface area contributed by atoms with Gasteiger partial charge >= 0.3 is 35.5 Å². The van der Waals surface area contributed by atoms with Gasteiger partial charge in [0.05, 0.1) is 5.56 Å². The molecule has 0 aliphatic rings. The van der Waals surface area contributed by atoms with E-state index >= 15 is 0 Å². The number of hydrogen-bond donors (Lipinski definition) is 2. The Labute approximate surface area is 84.1 Å². The summed E-state index contributed by atoms with van der Waals surface area (Å²) in [6.45, 7) is 0. The topological polar surface area (TPSA) is 63.3 Å². The molecule has 0 saturated heterocycles. The second kappa shape index (κ2) is 3.98. The number of thiophene rings is 1. The van der Waals surface area contributed by atoms with Crippen LogP contribution in [0.3, 0.4) is 0 Å². The van der Waals surface area contributed by atoms with Crippen molar-refractivity contribution in [3.05, 3.63) is 17.0 Å². The van der Waals surface area contributed by atoms with Crippen LogP contribution < -0.4 is 5.73 Å². The SMILES string of the molecule is Nc1sccc1C(=O)O.[NaH]. The normalized spacial score (nSPS) is 8.40. The number of anilines is 1. The number of aromatic carboxylic acids is 1. The molecule has 5 heteroatoms. The molecule has 1 rings (SSSR count). The van der Waals surface area contributed by atoms with Crippen molar-refractivity contribution >= 4 is 51.9 Å². The van der Waals surface area contributed by atoms with Gasteiger partial charge in [0.2, 0.25) is 0 Å². The summed E-state index contributed by atoms with van der Waals surface area (Å²) in [7, 11) is 0. The molecule has 0 aliphatic heterocycles. The van der Waals surface area contributed by atoms with Crippen LogP contribution in [0.1, 0.15) is 10.4 Å². The monoisotopic (exact) mass is 167 g/mol. The average molecular weight is 167 g/mol. The van der Waals surface area contributed by atoms with E-state index in [4.69, 9.17) is 10.8 Å². The maximum absolute atomic E-state index is 10.2. The van der Waals surface area contributed by atoms with Crippen molar-refractivity contribution in [2.75, 3.05) is 5.73 Å². The van der Waals surface area contributed by atoms with Gasteiger partial charge in [-0.05, 0) is 11.4 Å². The van der Waals surface area contributed by atoms with Gasteiger partial charge in [0, 0.05) is 0 Å². The zero-order valence-electron chi connectivity index (χ0n) is 4.50. The van der Waals surface area contributed by atoms with Crippen molar-refractivity contribution in [1.29, 1.82) is 0 Å². The second-order valence-corrected chi connectivity index (χ2v) is 2.45. The molecule has 50 valence electrons. The molecule has 0 fully saturated rings. The molecule has 3 nitrogen and oxygen atoms in total. The Hall–Kier alpha value is -0.0300. The number of carboxylic acid groups (broad SMARTS) is 1. The van der Waals surface area contributed by atoms with Gasteiger partial charge in [0.25, 0.3) is 0 Å². The molecule has 1 aromatic heterocycles. The number of carboxylic acids is 1. The third-order valence-electron chi connectivity index (χ3n) is 0.926. The molecule has 0 radical (unpaired) electrons. The van der Waals surface area contributed by atoms with Crippen LogP contribution >= 0.6 is 11.3 Å². The van der Waals surface area contributed by atoms with Crippen molar-refractivity contribution in [3.63, 3.8) is 0 Å². The van der Waals surface area contributed by atoms with Crippen molar-refractivity contribution < 1.29 is 9.90 Å². The molecule has 0 atom stereocenters. The van der Waals surface area contributed by atoms with E-state index < -0.39 is 5.97 Å². The second-order valence-electron chi connectivity index (χ2n) is 1.50. The molecular formula is C5H6NNaO2S. The fourth-order valence-corrected chi connectivity index (χ4v) is 1.13. The van der Waals surface area contributed by atoms with Crippen molar-refractivity contribution in [2.24, 2.45) is 0 Å². The van der Waals surface area contributed by atoms with E-state index in [9.17, 15) is 4.79 Å². The molecule has 0 unspecified atom stereocenters. The first-order valence-corrected chi connectivity index (χ1v) is 3.16. The van der Waals surface area contributed by atoms with E-state index in [0.717, 1.165) is 0 Å². The summed E-state index contributed by atoms with van der Waals surface area (Å²) in [6, 6.07) is 1.49. The summed E-state index contributed by atoms with van der Waals surface area (Å²) in [6.07, 6.45) is 0. The van der Waals surface area contributed by atoms with E-state index in [0.29, 0.717) is 5.00 Å². The molecule has 1 aromatic rings. The van der Waals surface area contributed by atoms with Crippen LogP contribution in [0.15, 0.2) is 11.4 Å². The van der Waals surface area contributed by atoms with Crippen LogP contribution in [0.4, 0.5) is 5.00 Å². The minimum absolute atomic E-state index is 0. The Kier molecular flexibility index (Phi) is 3.96. The van der Waals surface area contributed by atoms with Crippen LogP contribution in [0.25, 0.3) is 0 Å². The van der Waals surface area contributed by atoms with E-state index in [1.165, 1.54) is 17.4 Å². The van der Waals surface area contributed by atoms with E-state index in [2.05, 4.69) is 0 Å². The van der Waals surface area contributed by atoms with E-state index in [-0.39, 0.29) is 35.1 Å². The van der Waals surface area contributed by atoms with Crippen LogP contribution in [0.2, 0.25) is 0 Å². The fraction of sp³-hybridized carbons (Fsp3) is 0. The number of nitrogens with two attached hydrogens (primary N) is 1. The fourth-order valence-electron chi connectivity index (χ4n) is 0.498. The van der Waals surface area contributed by atoms with Gasteiger partial charge in [0.15, 0.2) is 0 Å². The van der Waals surface area contributed by atoms with Gasteiger partial charge in [-0.2, -0.15) is 0 Å². The first kappa shape index (κ1) is 9.97. The molecule has 10 heavy (non-hydrogen) atoms. The Morgan fingerprint density at radius 3 is 2.50 bits per heavy atom. The Bertz CT molecular complexity index is 235. The first-order chi connectivity index (χ1) is 4.22. The van der Waals surface area contributed by atoms with Crippen LogP contribution in [-0.4, -0.2) is 40.6 Å². The van der Waals surface area contributed by atoms with Crippen LogP contribution in [-0.2, 0) is 0 Å².